The van der Waals surface area contributed by atoms with E-state index in [1.807, 2.05) is 0 Å². The van der Waals surface area contributed by atoms with Crippen LogP contribution in [-0.4, -0.2) is 72.2 Å². The Hall–Kier alpha value is -2.03. The van der Waals surface area contributed by atoms with Crippen LogP contribution in [0.4, 0.5) is 13.2 Å². The third-order valence-corrected chi connectivity index (χ3v) is 3.94. The molecule has 9 heteroatoms. The number of carbonyl (C=O) groups excluding carboxylic acids is 2. The van der Waals surface area contributed by atoms with Crippen LogP contribution in [0, 0.1) is 0 Å². The molecule has 1 unspecified atom stereocenters. The summed E-state index contributed by atoms with van der Waals surface area (Å²) >= 11 is 0. The number of H-pyrrole nitrogens is 1. The van der Waals surface area contributed by atoms with Gasteiger partial charge in [-0.3, -0.25) is 9.69 Å². The molecular weight excluding hydrogens is 315 g/mol. The van der Waals surface area contributed by atoms with Gasteiger partial charge >= 0.3 is 12.1 Å². The molecule has 0 spiro atoms. The zero-order chi connectivity index (χ0) is 17.2. The molecule has 1 aliphatic rings. The van der Waals surface area contributed by atoms with Gasteiger partial charge in [0.2, 0.25) is 0 Å². The summed E-state index contributed by atoms with van der Waals surface area (Å²) in [4.78, 5) is 29.1. The average Bonchev–Trinajstić information content (AvgIpc) is 3.02. The number of aromatic nitrogens is 1. The second-order valence-corrected chi connectivity index (χ2v) is 5.32. The highest BCUT2D eigenvalue weighted by atomic mass is 19.4. The molecule has 1 fully saturated rings. The van der Waals surface area contributed by atoms with Crippen LogP contribution in [0.5, 0.6) is 0 Å². The van der Waals surface area contributed by atoms with Crippen molar-refractivity contribution in [3.8, 4) is 0 Å². The first-order valence-corrected chi connectivity index (χ1v) is 7.11. The van der Waals surface area contributed by atoms with E-state index in [2.05, 4.69) is 9.72 Å². The fourth-order valence-electron chi connectivity index (χ4n) is 2.44. The second-order valence-electron chi connectivity index (χ2n) is 5.32. The molecule has 6 nitrogen and oxygen atoms in total. The number of nitrogens with zero attached hydrogens (tertiary/aromatic N) is 2. The maximum atomic E-state index is 12.7. The highest BCUT2D eigenvalue weighted by Gasteiger charge is 2.41. The molecule has 23 heavy (non-hydrogen) atoms. The Labute approximate surface area is 131 Å². The molecule has 1 N–H and O–H groups in total. The maximum absolute atomic E-state index is 12.7. The van der Waals surface area contributed by atoms with Crippen molar-refractivity contribution in [1.82, 2.24) is 14.8 Å². The van der Waals surface area contributed by atoms with Crippen molar-refractivity contribution in [3.63, 3.8) is 0 Å². The second kappa shape index (κ2) is 6.61. The number of halogens is 3. The number of piperazine rings is 1. The SMILES string of the molecule is COC(=O)c1ccc(C(=O)N2CCN(C(C)C(F)(F)F)CC2)[nH]1. The Morgan fingerprint density at radius 3 is 2.26 bits per heavy atom. The number of hydrogen-bond acceptors (Lipinski definition) is 4. The van der Waals surface area contributed by atoms with Crippen LogP contribution in [0.3, 0.4) is 0 Å². The summed E-state index contributed by atoms with van der Waals surface area (Å²) in [7, 11) is 1.23. The monoisotopic (exact) mass is 333 g/mol. The molecule has 0 bridgehead atoms. The lowest BCUT2D eigenvalue weighted by Gasteiger charge is -2.38. The molecule has 0 aromatic carbocycles. The van der Waals surface area contributed by atoms with Gasteiger partial charge in [0.05, 0.1) is 7.11 Å². The largest absolute Gasteiger partial charge is 0.464 e. The van der Waals surface area contributed by atoms with E-state index in [0.29, 0.717) is 0 Å². The van der Waals surface area contributed by atoms with E-state index in [4.69, 9.17) is 0 Å². The van der Waals surface area contributed by atoms with E-state index in [9.17, 15) is 22.8 Å². The van der Waals surface area contributed by atoms with E-state index in [0.717, 1.165) is 6.92 Å². The molecule has 128 valence electrons. The average molecular weight is 333 g/mol. The zero-order valence-electron chi connectivity index (χ0n) is 12.8. The van der Waals surface area contributed by atoms with Gasteiger partial charge in [-0.1, -0.05) is 0 Å². The summed E-state index contributed by atoms with van der Waals surface area (Å²) in [5, 5.41) is 0. The summed E-state index contributed by atoms with van der Waals surface area (Å²) in [5.41, 5.74) is 0.364. The van der Waals surface area contributed by atoms with Crippen molar-refractivity contribution in [3.05, 3.63) is 23.5 Å². The lowest BCUT2D eigenvalue weighted by atomic mass is 10.2. The zero-order valence-corrected chi connectivity index (χ0v) is 12.8. The van der Waals surface area contributed by atoms with Crippen molar-refractivity contribution in [2.75, 3.05) is 33.3 Å². The van der Waals surface area contributed by atoms with Crippen molar-refractivity contribution in [2.24, 2.45) is 0 Å². The van der Waals surface area contributed by atoms with Gasteiger partial charge in [0.1, 0.15) is 17.4 Å². The number of aromatic amines is 1. The number of hydrogen-bond donors (Lipinski definition) is 1. The van der Waals surface area contributed by atoms with Crippen molar-refractivity contribution >= 4 is 11.9 Å². The van der Waals surface area contributed by atoms with Crippen molar-refractivity contribution in [1.29, 1.82) is 0 Å². The quantitative estimate of drug-likeness (QED) is 0.852. The Balaban J connectivity index is 1.96. The summed E-state index contributed by atoms with van der Waals surface area (Å²) < 4.78 is 42.6. The summed E-state index contributed by atoms with van der Waals surface area (Å²) in [6, 6.07) is 1.36. The van der Waals surface area contributed by atoms with Gasteiger partial charge in [-0.2, -0.15) is 13.2 Å². The van der Waals surface area contributed by atoms with Gasteiger partial charge < -0.3 is 14.6 Å². The topological polar surface area (TPSA) is 65.6 Å². The van der Waals surface area contributed by atoms with Crippen LogP contribution in [0.25, 0.3) is 0 Å². The van der Waals surface area contributed by atoms with Crippen LogP contribution >= 0.6 is 0 Å². The first-order chi connectivity index (χ1) is 10.7. The number of alkyl halides is 3. The van der Waals surface area contributed by atoms with Crippen LogP contribution in [0.15, 0.2) is 12.1 Å². The molecule has 0 aliphatic carbocycles. The molecule has 1 aliphatic heterocycles. The minimum absolute atomic E-state index is 0.150. The predicted molar refractivity (Wildman–Crippen MR) is 75.1 cm³/mol. The smallest absolute Gasteiger partial charge is 0.403 e. The predicted octanol–water partition coefficient (Wildman–Crippen LogP) is 1.51. The van der Waals surface area contributed by atoms with E-state index < -0.39 is 18.2 Å². The lowest BCUT2D eigenvalue weighted by molar-refractivity contribution is -0.181. The van der Waals surface area contributed by atoms with Crippen molar-refractivity contribution in [2.45, 2.75) is 19.1 Å². The van der Waals surface area contributed by atoms with E-state index >= 15 is 0 Å². The van der Waals surface area contributed by atoms with Gasteiger partial charge in [0.25, 0.3) is 5.91 Å². The third kappa shape index (κ3) is 3.84. The number of ether oxygens (including phenoxy) is 1. The molecule has 0 radical (unpaired) electrons. The number of amides is 1. The maximum Gasteiger partial charge on any atom is 0.403 e. The Kier molecular flexibility index (Phi) is 4.98. The minimum atomic E-state index is -4.28. The summed E-state index contributed by atoms with van der Waals surface area (Å²) in [5.74, 6) is -0.938. The van der Waals surface area contributed by atoms with Gasteiger partial charge in [-0.15, -0.1) is 0 Å². The Bertz CT molecular complexity index is 577. The van der Waals surface area contributed by atoms with Gasteiger partial charge in [-0.05, 0) is 19.1 Å². The van der Waals surface area contributed by atoms with Gasteiger partial charge in [0.15, 0.2) is 0 Å². The normalized spacial score (nSPS) is 17.9. The molecule has 1 atom stereocenters. The number of methoxy groups -OCH3 is 1. The number of rotatable bonds is 3. The molecule has 2 rings (SSSR count). The summed E-state index contributed by atoms with van der Waals surface area (Å²) in [6.45, 7) is 1.82. The number of carbonyl (C=O) groups is 2. The molecule has 1 aromatic rings. The molecule has 1 saturated heterocycles. The van der Waals surface area contributed by atoms with Crippen LogP contribution in [0.1, 0.15) is 27.9 Å². The van der Waals surface area contributed by atoms with Crippen LogP contribution in [-0.2, 0) is 4.74 Å². The Morgan fingerprint density at radius 1 is 1.17 bits per heavy atom. The molecule has 0 saturated carbocycles. The van der Waals surface area contributed by atoms with Crippen LogP contribution < -0.4 is 0 Å². The first kappa shape index (κ1) is 17.3. The van der Waals surface area contributed by atoms with Gasteiger partial charge in [-0.25, -0.2) is 4.79 Å². The fourth-order valence-corrected chi connectivity index (χ4v) is 2.44. The Morgan fingerprint density at radius 2 is 1.74 bits per heavy atom. The fraction of sp³-hybridized carbons (Fsp3) is 0.571. The van der Waals surface area contributed by atoms with Crippen molar-refractivity contribution < 1.29 is 27.5 Å². The highest BCUT2D eigenvalue weighted by Crippen LogP contribution is 2.25. The van der Waals surface area contributed by atoms with E-state index in [1.54, 1.807) is 0 Å². The summed E-state index contributed by atoms with van der Waals surface area (Å²) in [6.07, 6.45) is -4.28. The molecule has 1 aromatic heterocycles. The van der Waals surface area contributed by atoms with Gasteiger partial charge in [0, 0.05) is 26.2 Å². The minimum Gasteiger partial charge on any atom is -0.464 e. The van der Waals surface area contributed by atoms with Crippen LogP contribution in [0.2, 0.25) is 0 Å². The number of esters is 1. The number of nitrogens with one attached hydrogen (secondary N) is 1. The lowest BCUT2D eigenvalue weighted by Crippen LogP contribution is -2.54. The van der Waals surface area contributed by atoms with E-state index in [1.165, 1.54) is 29.0 Å². The molecule has 2 heterocycles. The van der Waals surface area contributed by atoms with E-state index in [-0.39, 0.29) is 43.5 Å². The molecule has 1 amide bonds. The first-order valence-electron chi connectivity index (χ1n) is 7.11. The highest BCUT2D eigenvalue weighted by molar-refractivity contribution is 5.95. The molecular formula is C14H18F3N3O3. The standard InChI is InChI=1S/C14H18F3N3O3/c1-9(14(15,16)17)19-5-7-20(8-6-19)12(21)10-3-4-11(18-10)13(22)23-2/h3-4,9,18H,5-8H2,1-2H3. The third-order valence-electron chi connectivity index (χ3n) is 3.94.